The highest BCUT2D eigenvalue weighted by Gasteiger charge is 2.01. The zero-order chi connectivity index (χ0) is 10.4. The van der Waals surface area contributed by atoms with Crippen LogP contribution in [-0.4, -0.2) is 11.7 Å². The van der Waals surface area contributed by atoms with E-state index in [1.54, 1.807) is 12.1 Å². The lowest BCUT2D eigenvalue weighted by Crippen LogP contribution is -2.00. The number of aliphatic hydroxyl groups is 1. The number of aliphatic hydroxyl groups excluding tert-OH is 1. The predicted molar refractivity (Wildman–Crippen MR) is 55.4 cm³/mol. The number of benzene rings is 1. The predicted octanol–water partition coefficient (Wildman–Crippen LogP) is 2.13. The molecule has 0 aliphatic rings. The Labute approximate surface area is 84.8 Å². The molecule has 0 saturated heterocycles. The molecular weight excluding hydrogens is 174 g/mol. The van der Waals surface area contributed by atoms with E-state index in [4.69, 9.17) is 10.4 Å². The Balaban J connectivity index is 2.49. The Morgan fingerprint density at radius 3 is 2.57 bits per heavy atom. The summed E-state index contributed by atoms with van der Waals surface area (Å²) in [6.45, 7) is 2.22. The molecule has 0 amide bonds. The molecule has 0 saturated carbocycles. The molecule has 14 heavy (non-hydrogen) atoms. The maximum atomic E-state index is 8.83. The van der Waals surface area contributed by atoms with Gasteiger partial charge in [-0.2, -0.15) is 5.26 Å². The molecule has 0 aromatic heterocycles. The van der Waals surface area contributed by atoms with E-state index in [0.29, 0.717) is 11.5 Å². The lowest BCUT2D eigenvalue weighted by atomic mass is 10.0. The number of nitriles is 1. The lowest BCUT2D eigenvalue weighted by Gasteiger charge is -2.06. The van der Waals surface area contributed by atoms with Gasteiger partial charge in [-0.25, -0.2) is 0 Å². The van der Waals surface area contributed by atoms with Crippen molar-refractivity contribution in [1.29, 1.82) is 5.26 Å². The fraction of sp³-hybridized carbons (Fsp3) is 0.333. The Bertz CT molecular complexity index is 310. The molecule has 0 aliphatic heterocycles. The molecule has 1 N–H and O–H groups in total. The molecule has 1 radical (unpaired) electrons. The first-order valence-corrected chi connectivity index (χ1v) is 4.70. The van der Waals surface area contributed by atoms with Crippen LogP contribution < -0.4 is 0 Å². The van der Waals surface area contributed by atoms with E-state index in [-0.39, 0.29) is 6.61 Å². The lowest BCUT2D eigenvalue weighted by molar-refractivity contribution is 0.237. The van der Waals surface area contributed by atoms with E-state index >= 15 is 0 Å². The molecule has 2 nitrogen and oxygen atoms in total. The smallest absolute Gasteiger partial charge is 0.0991 e. The molecular formula is C12H14NO. The number of rotatable bonds is 4. The van der Waals surface area contributed by atoms with Crippen LogP contribution in [0.1, 0.15) is 24.5 Å². The molecule has 1 aromatic carbocycles. The monoisotopic (exact) mass is 188 g/mol. The van der Waals surface area contributed by atoms with E-state index in [1.807, 2.05) is 19.1 Å². The maximum absolute atomic E-state index is 8.83. The number of hydrogen-bond acceptors (Lipinski definition) is 2. The molecule has 2 heteroatoms. The fourth-order valence-corrected chi connectivity index (χ4v) is 1.11. The molecule has 0 spiro atoms. The van der Waals surface area contributed by atoms with Gasteiger partial charge in [0.25, 0.3) is 0 Å². The number of nitrogens with zero attached hydrogens (tertiary/aromatic N) is 1. The average molecular weight is 188 g/mol. The third-order valence-corrected chi connectivity index (χ3v) is 2.11. The van der Waals surface area contributed by atoms with Crippen LogP contribution >= 0.6 is 0 Å². The second-order valence-electron chi connectivity index (χ2n) is 3.46. The van der Waals surface area contributed by atoms with Crippen molar-refractivity contribution in [1.82, 2.24) is 0 Å². The van der Waals surface area contributed by atoms with Gasteiger partial charge >= 0.3 is 0 Å². The third kappa shape index (κ3) is 3.20. The van der Waals surface area contributed by atoms with Crippen molar-refractivity contribution < 1.29 is 5.11 Å². The van der Waals surface area contributed by atoms with Gasteiger partial charge in [0.15, 0.2) is 0 Å². The second-order valence-corrected chi connectivity index (χ2v) is 3.46. The summed E-state index contributed by atoms with van der Waals surface area (Å²) in [4.78, 5) is 0. The summed E-state index contributed by atoms with van der Waals surface area (Å²) >= 11 is 0. The zero-order valence-corrected chi connectivity index (χ0v) is 8.27. The van der Waals surface area contributed by atoms with Crippen molar-refractivity contribution >= 4 is 0 Å². The first-order valence-electron chi connectivity index (χ1n) is 4.70. The minimum absolute atomic E-state index is 0.215. The molecule has 1 rings (SSSR count). The van der Waals surface area contributed by atoms with Crippen LogP contribution in [0, 0.1) is 23.7 Å². The highest BCUT2D eigenvalue weighted by molar-refractivity contribution is 5.34. The van der Waals surface area contributed by atoms with Gasteiger partial charge in [0.05, 0.1) is 11.6 Å². The summed E-state index contributed by atoms with van der Waals surface area (Å²) in [5.41, 5.74) is 1.78. The molecule has 0 aliphatic carbocycles. The summed E-state index contributed by atoms with van der Waals surface area (Å²) in [5, 5.41) is 17.4. The van der Waals surface area contributed by atoms with Crippen molar-refractivity contribution in [3.63, 3.8) is 0 Å². The Kier molecular flexibility index (Phi) is 4.15. The minimum Gasteiger partial charge on any atom is -0.396 e. The molecule has 1 aromatic rings. The Morgan fingerprint density at radius 1 is 1.43 bits per heavy atom. The summed E-state index contributed by atoms with van der Waals surface area (Å²) in [7, 11) is 0. The molecule has 1 atom stereocenters. The van der Waals surface area contributed by atoms with E-state index in [2.05, 4.69) is 12.5 Å². The van der Waals surface area contributed by atoms with Gasteiger partial charge in [-0.1, -0.05) is 19.1 Å². The van der Waals surface area contributed by atoms with Gasteiger partial charge in [-0.3, -0.25) is 0 Å². The minimum atomic E-state index is 0.215. The summed E-state index contributed by atoms with van der Waals surface area (Å²) in [6, 6.07) is 9.52. The number of hydrogen-bond donors (Lipinski definition) is 1. The van der Waals surface area contributed by atoms with Gasteiger partial charge in [-0.15, -0.1) is 0 Å². The highest BCUT2D eigenvalue weighted by atomic mass is 16.3. The summed E-state index contributed by atoms with van der Waals surface area (Å²) in [5.74, 6) is 0.297. The maximum Gasteiger partial charge on any atom is 0.0991 e. The molecule has 73 valence electrons. The zero-order valence-electron chi connectivity index (χ0n) is 8.27. The summed E-state index contributed by atoms with van der Waals surface area (Å²) in [6.07, 6.45) is 2.93. The van der Waals surface area contributed by atoms with E-state index in [1.165, 1.54) is 0 Å². The third-order valence-electron chi connectivity index (χ3n) is 2.11. The van der Waals surface area contributed by atoms with Crippen LogP contribution in [0.2, 0.25) is 0 Å². The topological polar surface area (TPSA) is 44.0 Å². The van der Waals surface area contributed by atoms with Crippen LogP contribution in [0.3, 0.4) is 0 Å². The van der Waals surface area contributed by atoms with Crippen molar-refractivity contribution in [2.75, 3.05) is 6.61 Å². The van der Waals surface area contributed by atoms with Crippen LogP contribution in [0.5, 0.6) is 0 Å². The van der Waals surface area contributed by atoms with E-state index < -0.39 is 0 Å². The fourth-order valence-electron chi connectivity index (χ4n) is 1.11. The van der Waals surface area contributed by atoms with E-state index in [9.17, 15) is 0 Å². The average Bonchev–Trinajstić information content (AvgIpc) is 2.26. The molecule has 0 fully saturated rings. The van der Waals surface area contributed by atoms with Crippen molar-refractivity contribution in [2.24, 2.45) is 5.92 Å². The molecule has 0 bridgehead atoms. The second kappa shape index (κ2) is 5.41. The van der Waals surface area contributed by atoms with Gasteiger partial charge in [-0.05, 0) is 36.5 Å². The molecule has 0 heterocycles. The Hall–Kier alpha value is -1.33. The first kappa shape index (κ1) is 10.7. The van der Waals surface area contributed by atoms with Crippen LogP contribution in [0.4, 0.5) is 0 Å². The van der Waals surface area contributed by atoms with Crippen molar-refractivity contribution in [3.8, 4) is 6.07 Å². The van der Waals surface area contributed by atoms with Crippen molar-refractivity contribution in [2.45, 2.75) is 13.3 Å². The summed E-state index contributed by atoms with van der Waals surface area (Å²) < 4.78 is 0. The van der Waals surface area contributed by atoms with Crippen molar-refractivity contribution in [3.05, 3.63) is 41.8 Å². The van der Waals surface area contributed by atoms with E-state index in [0.717, 1.165) is 12.0 Å². The standard InChI is InChI=1S/C12H14NO/c1-10(9-14)2-3-11-4-6-12(8-13)7-5-11/h3-7,10,14H,2,9H2,1H3. The van der Waals surface area contributed by atoms with Crippen LogP contribution in [0.15, 0.2) is 24.3 Å². The van der Waals surface area contributed by atoms with Gasteiger partial charge in [0.1, 0.15) is 0 Å². The highest BCUT2D eigenvalue weighted by Crippen LogP contribution is 2.12. The molecule has 1 unspecified atom stereocenters. The quantitative estimate of drug-likeness (QED) is 0.786. The van der Waals surface area contributed by atoms with Gasteiger partial charge in [0.2, 0.25) is 0 Å². The Morgan fingerprint density at radius 2 is 2.07 bits per heavy atom. The SMILES string of the molecule is CC(CO)C[CH]c1ccc(C#N)cc1. The van der Waals surface area contributed by atoms with Crippen LogP contribution in [0.25, 0.3) is 0 Å². The normalized spacial score (nSPS) is 12.1. The first-order chi connectivity index (χ1) is 6.76. The largest absolute Gasteiger partial charge is 0.396 e. The van der Waals surface area contributed by atoms with Gasteiger partial charge in [0, 0.05) is 6.61 Å². The van der Waals surface area contributed by atoms with Gasteiger partial charge < -0.3 is 5.11 Å². The van der Waals surface area contributed by atoms with Crippen LogP contribution in [-0.2, 0) is 0 Å².